The zero-order chi connectivity index (χ0) is 21.7. The van der Waals surface area contributed by atoms with Crippen molar-refractivity contribution in [2.45, 2.75) is 37.6 Å². The topological polar surface area (TPSA) is 84.9 Å². The van der Waals surface area contributed by atoms with Gasteiger partial charge in [0.1, 0.15) is 11.5 Å². The Labute approximate surface area is 178 Å². The Morgan fingerprint density at radius 3 is 2.27 bits per heavy atom. The van der Waals surface area contributed by atoms with Gasteiger partial charge in [-0.3, -0.25) is 4.79 Å². The van der Waals surface area contributed by atoms with Crippen molar-refractivity contribution in [2.75, 3.05) is 26.8 Å². The van der Waals surface area contributed by atoms with Crippen LogP contribution < -0.4 is 14.8 Å². The molecule has 2 aromatic carbocycles. The number of nitrogens with zero attached hydrogens (tertiary/aromatic N) is 1. The van der Waals surface area contributed by atoms with E-state index in [0.717, 1.165) is 5.56 Å². The fourth-order valence-corrected chi connectivity index (χ4v) is 4.83. The van der Waals surface area contributed by atoms with E-state index < -0.39 is 10.0 Å². The van der Waals surface area contributed by atoms with Crippen molar-refractivity contribution in [3.8, 4) is 11.5 Å². The van der Waals surface area contributed by atoms with E-state index in [1.807, 2.05) is 32.0 Å². The van der Waals surface area contributed by atoms with Crippen molar-refractivity contribution >= 4 is 15.9 Å². The van der Waals surface area contributed by atoms with Gasteiger partial charge in [0.05, 0.1) is 12.0 Å². The molecular formula is C22H28N2O5S. The smallest absolute Gasteiger partial charge is 0.258 e. The number of ether oxygens (including phenoxy) is 2. The predicted octanol–water partition coefficient (Wildman–Crippen LogP) is 2.66. The Balaban J connectivity index is 1.48. The number of carbonyl (C=O) groups excluding carboxylic acids is 1. The molecule has 1 aliphatic rings. The molecule has 0 radical (unpaired) electrons. The second-order valence-electron chi connectivity index (χ2n) is 7.46. The normalized spacial score (nSPS) is 15.6. The van der Waals surface area contributed by atoms with Crippen molar-refractivity contribution in [3.05, 3.63) is 53.6 Å². The van der Waals surface area contributed by atoms with Crippen LogP contribution in [-0.4, -0.2) is 51.5 Å². The van der Waals surface area contributed by atoms with Crippen molar-refractivity contribution in [1.82, 2.24) is 9.62 Å². The summed E-state index contributed by atoms with van der Waals surface area (Å²) in [5, 5.41) is 2.94. The number of amides is 1. The minimum Gasteiger partial charge on any atom is -0.497 e. The average molecular weight is 433 g/mol. The highest BCUT2D eigenvalue weighted by atomic mass is 32.2. The molecule has 3 rings (SSSR count). The van der Waals surface area contributed by atoms with Crippen LogP contribution in [0.4, 0.5) is 0 Å². The average Bonchev–Trinajstić information content (AvgIpc) is 2.75. The summed E-state index contributed by atoms with van der Waals surface area (Å²) in [6, 6.07) is 12.0. The van der Waals surface area contributed by atoms with E-state index in [9.17, 15) is 13.2 Å². The molecule has 0 aliphatic carbocycles. The van der Waals surface area contributed by atoms with E-state index in [1.54, 1.807) is 24.3 Å². The monoisotopic (exact) mass is 432 g/mol. The maximum absolute atomic E-state index is 12.8. The quantitative estimate of drug-likeness (QED) is 0.727. The van der Waals surface area contributed by atoms with Gasteiger partial charge in [-0.25, -0.2) is 8.42 Å². The van der Waals surface area contributed by atoms with E-state index in [0.29, 0.717) is 37.4 Å². The highest BCUT2D eigenvalue weighted by molar-refractivity contribution is 7.89. The highest BCUT2D eigenvalue weighted by Crippen LogP contribution is 2.23. The van der Waals surface area contributed by atoms with Crippen LogP contribution in [0.3, 0.4) is 0 Å². The van der Waals surface area contributed by atoms with E-state index in [4.69, 9.17) is 9.47 Å². The van der Waals surface area contributed by atoms with Gasteiger partial charge in [-0.05, 0) is 74.2 Å². The number of aryl methyl sites for hydroxylation is 2. The molecule has 0 aromatic heterocycles. The Morgan fingerprint density at radius 1 is 1.03 bits per heavy atom. The van der Waals surface area contributed by atoms with Gasteiger partial charge < -0.3 is 14.8 Å². The van der Waals surface area contributed by atoms with Gasteiger partial charge in [0.2, 0.25) is 10.0 Å². The molecule has 0 spiro atoms. The summed E-state index contributed by atoms with van der Waals surface area (Å²) in [4.78, 5) is 12.5. The molecule has 1 amide bonds. The number of benzene rings is 2. The Bertz CT molecular complexity index is 981. The molecule has 162 valence electrons. The van der Waals surface area contributed by atoms with Crippen molar-refractivity contribution in [2.24, 2.45) is 0 Å². The minimum absolute atomic E-state index is 0.0626. The number of rotatable bonds is 7. The number of nitrogens with one attached hydrogen (secondary N) is 1. The summed E-state index contributed by atoms with van der Waals surface area (Å²) >= 11 is 0. The lowest BCUT2D eigenvalue weighted by Crippen LogP contribution is -2.47. The van der Waals surface area contributed by atoms with Crippen LogP contribution in [0.2, 0.25) is 0 Å². The number of hydrogen-bond donors (Lipinski definition) is 1. The number of methoxy groups -OCH3 is 1. The van der Waals surface area contributed by atoms with Crippen LogP contribution in [0.5, 0.6) is 11.5 Å². The number of sulfonamides is 1. The molecule has 8 heteroatoms. The lowest BCUT2D eigenvalue weighted by molar-refractivity contribution is -0.124. The van der Waals surface area contributed by atoms with Crippen LogP contribution in [0.15, 0.2) is 47.4 Å². The summed E-state index contributed by atoms with van der Waals surface area (Å²) in [6.07, 6.45) is 1.12. The van der Waals surface area contributed by atoms with Crippen LogP contribution in [-0.2, 0) is 14.8 Å². The molecule has 1 fully saturated rings. The molecule has 1 N–H and O–H groups in total. The van der Waals surface area contributed by atoms with Crippen molar-refractivity contribution in [1.29, 1.82) is 0 Å². The lowest BCUT2D eigenvalue weighted by Gasteiger charge is -2.31. The minimum atomic E-state index is -3.55. The van der Waals surface area contributed by atoms with Gasteiger partial charge in [-0.15, -0.1) is 0 Å². The molecule has 1 saturated heterocycles. The fraction of sp³-hybridized carbons (Fsp3) is 0.409. The molecule has 0 saturated carbocycles. The largest absolute Gasteiger partial charge is 0.497 e. The summed E-state index contributed by atoms with van der Waals surface area (Å²) in [7, 11) is -2.02. The van der Waals surface area contributed by atoms with Crippen LogP contribution in [0.1, 0.15) is 24.0 Å². The van der Waals surface area contributed by atoms with Crippen LogP contribution in [0.25, 0.3) is 0 Å². The molecule has 1 heterocycles. The van der Waals surface area contributed by atoms with Gasteiger partial charge in [-0.2, -0.15) is 4.31 Å². The standard InChI is InChI=1S/C22H28N2O5S/c1-16-4-5-20(14-17(16)2)29-15-22(25)23-18-10-12-24(13-11-18)30(26,27)21-8-6-19(28-3)7-9-21/h4-9,14,18H,10-13,15H2,1-3H3,(H,23,25). The molecule has 0 unspecified atom stereocenters. The molecule has 2 aromatic rings. The zero-order valence-corrected chi connectivity index (χ0v) is 18.4. The van der Waals surface area contributed by atoms with Crippen LogP contribution >= 0.6 is 0 Å². The van der Waals surface area contributed by atoms with Gasteiger partial charge in [0.15, 0.2) is 6.61 Å². The zero-order valence-electron chi connectivity index (χ0n) is 17.6. The van der Waals surface area contributed by atoms with Crippen LogP contribution in [0, 0.1) is 13.8 Å². The second-order valence-corrected chi connectivity index (χ2v) is 9.39. The summed E-state index contributed by atoms with van der Waals surface area (Å²) < 4.78 is 37.7. The summed E-state index contributed by atoms with van der Waals surface area (Å²) in [5.74, 6) is 1.07. The van der Waals surface area contributed by atoms with E-state index in [1.165, 1.54) is 17.0 Å². The second kappa shape index (κ2) is 9.49. The number of hydrogen-bond acceptors (Lipinski definition) is 5. The van der Waals surface area contributed by atoms with E-state index in [-0.39, 0.29) is 23.5 Å². The summed E-state index contributed by atoms with van der Waals surface area (Å²) in [5.41, 5.74) is 2.28. The molecule has 0 atom stereocenters. The Hall–Kier alpha value is -2.58. The highest BCUT2D eigenvalue weighted by Gasteiger charge is 2.30. The number of carbonyl (C=O) groups is 1. The maximum Gasteiger partial charge on any atom is 0.258 e. The SMILES string of the molecule is COc1ccc(S(=O)(=O)N2CCC(NC(=O)COc3ccc(C)c(C)c3)CC2)cc1. The molecule has 0 bridgehead atoms. The van der Waals surface area contributed by atoms with E-state index in [2.05, 4.69) is 5.32 Å². The van der Waals surface area contributed by atoms with Gasteiger partial charge >= 0.3 is 0 Å². The molecule has 1 aliphatic heterocycles. The third-order valence-corrected chi connectivity index (χ3v) is 7.28. The van der Waals surface area contributed by atoms with Crippen molar-refractivity contribution < 1.29 is 22.7 Å². The third kappa shape index (κ3) is 5.31. The molecule has 7 nitrogen and oxygen atoms in total. The van der Waals surface area contributed by atoms with Crippen molar-refractivity contribution in [3.63, 3.8) is 0 Å². The first-order valence-corrected chi connectivity index (χ1v) is 11.4. The first-order chi connectivity index (χ1) is 14.3. The first-order valence-electron chi connectivity index (χ1n) is 9.93. The number of piperidine rings is 1. The molecule has 30 heavy (non-hydrogen) atoms. The molecular weight excluding hydrogens is 404 g/mol. The van der Waals surface area contributed by atoms with Gasteiger partial charge in [-0.1, -0.05) is 6.07 Å². The van der Waals surface area contributed by atoms with Gasteiger partial charge in [0, 0.05) is 19.1 Å². The summed E-state index contributed by atoms with van der Waals surface area (Å²) in [6.45, 7) is 4.67. The third-order valence-electron chi connectivity index (χ3n) is 5.36. The predicted molar refractivity (Wildman–Crippen MR) is 114 cm³/mol. The maximum atomic E-state index is 12.8. The Morgan fingerprint density at radius 2 is 1.67 bits per heavy atom. The fourth-order valence-electron chi connectivity index (χ4n) is 3.36. The Kier molecular flexibility index (Phi) is 6.99. The van der Waals surface area contributed by atoms with Gasteiger partial charge in [0.25, 0.3) is 5.91 Å². The van der Waals surface area contributed by atoms with E-state index >= 15 is 0 Å². The first kappa shape index (κ1) is 22.1. The lowest BCUT2D eigenvalue weighted by atomic mass is 10.1.